The van der Waals surface area contributed by atoms with Crippen LogP contribution in [0.3, 0.4) is 0 Å². The molecule has 2 unspecified atom stereocenters. The van der Waals surface area contributed by atoms with Crippen LogP contribution in [0.15, 0.2) is 0 Å². The number of hydrogen-bond acceptors (Lipinski definition) is 2. The fourth-order valence-corrected chi connectivity index (χ4v) is 3.25. The smallest absolute Gasteiger partial charge is 0.248 e. The van der Waals surface area contributed by atoms with Crippen LogP contribution in [-0.4, -0.2) is 37.0 Å². The molecule has 1 heterocycles. The Kier molecular flexibility index (Phi) is 5.39. The molecule has 2 aliphatic rings. The van der Waals surface area contributed by atoms with Gasteiger partial charge in [-0.15, -0.1) is 12.4 Å². The molecule has 2 fully saturated rings. The van der Waals surface area contributed by atoms with E-state index < -0.39 is 5.92 Å². The van der Waals surface area contributed by atoms with E-state index in [0.29, 0.717) is 13.0 Å². The first kappa shape index (κ1) is 16.1. The van der Waals surface area contributed by atoms with Crippen molar-refractivity contribution in [2.24, 2.45) is 17.1 Å². The Balaban J connectivity index is 0.00000162. The van der Waals surface area contributed by atoms with Gasteiger partial charge in [0.15, 0.2) is 0 Å². The van der Waals surface area contributed by atoms with Gasteiger partial charge < -0.3 is 10.6 Å². The van der Waals surface area contributed by atoms with Gasteiger partial charge >= 0.3 is 0 Å². The highest BCUT2D eigenvalue weighted by atomic mass is 35.5. The van der Waals surface area contributed by atoms with Crippen LogP contribution in [-0.2, 0) is 0 Å². The summed E-state index contributed by atoms with van der Waals surface area (Å²) in [6.07, 6.45) is 2.92. The molecular formula is C13H25ClF2N2. The van der Waals surface area contributed by atoms with E-state index in [1.165, 1.54) is 0 Å². The van der Waals surface area contributed by atoms with Gasteiger partial charge in [-0.1, -0.05) is 6.92 Å². The van der Waals surface area contributed by atoms with Gasteiger partial charge in [0, 0.05) is 25.9 Å². The third-order valence-corrected chi connectivity index (χ3v) is 4.39. The van der Waals surface area contributed by atoms with Crippen LogP contribution in [0.5, 0.6) is 0 Å². The van der Waals surface area contributed by atoms with Gasteiger partial charge in [0.05, 0.1) is 0 Å². The van der Waals surface area contributed by atoms with Crippen molar-refractivity contribution in [2.45, 2.75) is 45.0 Å². The fraction of sp³-hybridized carbons (Fsp3) is 1.00. The topological polar surface area (TPSA) is 29.3 Å². The molecule has 2 atom stereocenters. The van der Waals surface area contributed by atoms with Crippen LogP contribution in [0, 0.1) is 11.3 Å². The zero-order chi connectivity index (χ0) is 12.5. The lowest BCUT2D eigenvalue weighted by molar-refractivity contribution is -0.0563. The van der Waals surface area contributed by atoms with Crippen LogP contribution in [0.1, 0.15) is 39.0 Å². The van der Waals surface area contributed by atoms with Crippen molar-refractivity contribution >= 4 is 12.4 Å². The Hall–Kier alpha value is 0.0700. The highest BCUT2D eigenvalue weighted by Crippen LogP contribution is 2.38. The Bertz CT molecular complexity index is 276. The predicted molar refractivity (Wildman–Crippen MR) is 72.4 cm³/mol. The molecule has 18 heavy (non-hydrogen) atoms. The Morgan fingerprint density at radius 1 is 1.33 bits per heavy atom. The Morgan fingerprint density at radius 2 is 2.06 bits per heavy atom. The molecule has 0 aromatic carbocycles. The van der Waals surface area contributed by atoms with Crippen LogP contribution < -0.4 is 5.73 Å². The normalized spacial score (nSPS) is 36.3. The van der Waals surface area contributed by atoms with Gasteiger partial charge in [-0.25, -0.2) is 8.78 Å². The highest BCUT2D eigenvalue weighted by Gasteiger charge is 2.39. The van der Waals surface area contributed by atoms with Crippen molar-refractivity contribution in [1.82, 2.24) is 4.90 Å². The van der Waals surface area contributed by atoms with E-state index in [1.54, 1.807) is 0 Å². The van der Waals surface area contributed by atoms with Gasteiger partial charge in [-0.2, -0.15) is 0 Å². The summed E-state index contributed by atoms with van der Waals surface area (Å²) >= 11 is 0. The monoisotopic (exact) mass is 282 g/mol. The van der Waals surface area contributed by atoms with Crippen molar-refractivity contribution in [3.8, 4) is 0 Å². The molecule has 2 rings (SSSR count). The molecular weight excluding hydrogens is 258 g/mol. The average molecular weight is 283 g/mol. The molecule has 2 N–H and O–H groups in total. The minimum atomic E-state index is -2.42. The van der Waals surface area contributed by atoms with Crippen molar-refractivity contribution in [2.75, 3.05) is 26.2 Å². The Labute approximate surface area is 115 Å². The maximum Gasteiger partial charge on any atom is 0.248 e. The van der Waals surface area contributed by atoms with Gasteiger partial charge in [0.1, 0.15) is 0 Å². The molecule has 1 aliphatic heterocycles. The van der Waals surface area contributed by atoms with E-state index in [9.17, 15) is 8.78 Å². The second-order valence-electron chi connectivity index (χ2n) is 6.32. The Morgan fingerprint density at radius 3 is 2.61 bits per heavy atom. The minimum absolute atomic E-state index is 0. The van der Waals surface area contributed by atoms with E-state index >= 15 is 0 Å². The van der Waals surface area contributed by atoms with Crippen LogP contribution in [0.4, 0.5) is 8.78 Å². The maximum absolute atomic E-state index is 13.3. The zero-order valence-electron chi connectivity index (χ0n) is 11.1. The van der Waals surface area contributed by atoms with Gasteiger partial charge in [-0.05, 0) is 43.7 Å². The second-order valence-corrected chi connectivity index (χ2v) is 6.32. The summed E-state index contributed by atoms with van der Waals surface area (Å²) in [5, 5.41) is 0. The van der Waals surface area contributed by atoms with Crippen LogP contribution in [0.2, 0.25) is 0 Å². The molecule has 2 nitrogen and oxygen atoms in total. The first-order valence-corrected chi connectivity index (χ1v) is 6.73. The van der Waals surface area contributed by atoms with Gasteiger partial charge in [0.2, 0.25) is 5.92 Å². The lowest BCUT2D eigenvalue weighted by Gasteiger charge is -2.32. The molecule has 108 valence electrons. The van der Waals surface area contributed by atoms with E-state index in [2.05, 4.69) is 11.8 Å². The summed E-state index contributed by atoms with van der Waals surface area (Å²) in [4.78, 5) is 2.33. The van der Waals surface area contributed by atoms with Crippen LogP contribution in [0.25, 0.3) is 0 Å². The number of nitrogens with two attached hydrogens (primary N) is 1. The number of likely N-dealkylation sites (tertiary alicyclic amines) is 1. The molecule has 5 heteroatoms. The second kappa shape index (κ2) is 6.02. The SMILES string of the molecule is CC1(CN)CCN(CC2CCCC(F)(F)C2)C1.Cl. The highest BCUT2D eigenvalue weighted by molar-refractivity contribution is 5.85. The predicted octanol–water partition coefficient (Wildman–Crippen LogP) is 2.90. The molecule has 1 aliphatic carbocycles. The molecule has 0 spiro atoms. The van der Waals surface area contributed by atoms with Crippen molar-refractivity contribution in [3.63, 3.8) is 0 Å². The number of rotatable bonds is 3. The molecule has 1 saturated heterocycles. The first-order valence-electron chi connectivity index (χ1n) is 6.73. The average Bonchev–Trinajstić information content (AvgIpc) is 2.60. The largest absolute Gasteiger partial charge is 0.330 e. The van der Waals surface area contributed by atoms with Gasteiger partial charge in [-0.3, -0.25) is 0 Å². The summed E-state index contributed by atoms with van der Waals surface area (Å²) in [6.45, 7) is 5.74. The van der Waals surface area contributed by atoms with E-state index in [4.69, 9.17) is 5.73 Å². The lowest BCUT2D eigenvalue weighted by atomic mass is 9.86. The molecule has 0 amide bonds. The van der Waals surface area contributed by atoms with Crippen molar-refractivity contribution in [1.29, 1.82) is 0 Å². The van der Waals surface area contributed by atoms with E-state index in [-0.39, 0.29) is 36.6 Å². The zero-order valence-corrected chi connectivity index (χ0v) is 11.9. The molecule has 0 bridgehead atoms. The van der Waals surface area contributed by atoms with Crippen molar-refractivity contribution < 1.29 is 8.78 Å². The number of hydrogen-bond donors (Lipinski definition) is 1. The molecule has 0 radical (unpaired) electrons. The number of alkyl halides is 2. The number of nitrogens with zero attached hydrogens (tertiary/aromatic N) is 1. The summed E-state index contributed by atoms with van der Waals surface area (Å²) in [5.41, 5.74) is 5.97. The number of halogens is 3. The third-order valence-electron chi connectivity index (χ3n) is 4.39. The lowest BCUT2D eigenvalue weighted by Crippen LogP contribution is -2.36. The summed E-state index contributed by atoms with van der Waals surface area (Å²) < 4.78 is 26.6. The first-order chi connectivity index (χ1) is 7.92. The van der Waals surface area contributed by atoms with Crippen molar-refractivity contribution in [3.05, 3.63) is 0 Å². The summed E-state index contributed by atoms with van der Waals surface area (Å²) in [6, 6.07) is 0. The van der Waals surface area contributed by atoms with E-state index in [0.717, 1.165) is 32.5 Å². The fourth-order valence-electron chi connectivity index (χ4n) is 3.25. The summed E-state index contributed by atoms with van der Waals surface area (Å²) in [5.74, 6) is -2.24. The quantitative estimate of drug-likeness (QED) is 0.862. The molecule has 0 aromatic rings. The molecule has 0 aromatic heterocycles. The van der Waals surface area contributed by atoms with E-state index in [1.807, 2.05) is 0 Å². The van der Waals surface area contributed by atoms with Crippen LogP contribution >= 0.6 is 12.4 Å². The summed E-state index contributed by atoms with van der Waals surface area (Å²) in [7, 11) is 0. The van der Waals surface area contributed by atoms with Gasteiger partial charge in [0.25, 0.3) is 0 Å². The standard InChI is InChI=1S/C13H24F2N2.ClH/c1-12(9-16)5-6-17(10-12)8-11-3-2-4-13(14,15)7-11;/h11H,2-10,16H2,1H3;1H. The maximum atomic E-state index is 13.3. The minimum Gasteiger partial charge on any atom is -0.330 e. The molecule has 1 saturated carbocycles. The third kappa shape index (κ3) is 4.04.